The van der Waals surface area contributed by atoms with Gasteiger partial charge in [0.2, 0.25) is 5.91 Å². The Kier molecular flexibility index (Phi) is 4.29. The van der Waals surface area contributed by atoms with Crippen LogP contribution in [0.3, 0.4) is 0 Å². The Morgan fingerprint density at radius 3 is 2.46 bits per heavy atom. The third kappa shape index (κ3) is 3.24. The summed E-state index contributed by atoms with van der Waals surface area (Å²) < 4.78 is 51.6. The molecule has 0 aliphatic carbocycles. The summed E-state index contributed by atoms with van der Waals surface area (Å²) in [7, 11) is 0. The molecule has 0 N–H and O–H groups in total. The highest BCUT2D eigenvalue weighted by molar-refractivity contribution is 5.84. The standard InChI is InChI=1S/C17H20F4N4O/c18-13-2-1-4-22-15(13)25-8-11-6-24(7-12(11)9-25)14-3-5-23(16(14)26)10-17(19,20)21/h1-2,4,11-12,14H,3,5-10H2. The molecule has 3 aliphatic heterocycles. The average molecular weight is 372 g/mol. The van der Waals surface area contributed by atoms with Gasteiger partial charge in [-0.25, -0.2) is 9.37 Å². The summed E-state index contributed by atoms with van der Waals surface area (Å²) in [6, 6.07) is 2.48. The SMILES string of the molecule is O=C1C(N2CC3CN(c4ncccc4F)CC3C2)CCN1CC(F)(F)F. The van der Waals surface area contributed by atoms with Crippen LogP contribution in [-0.2, 0) is 4.79 Å². The maximum atomic E-state index is 13.9. The van der Waals surface area contributed by atoms with Gasteiger partial charge < -0.3 is 9.80 Å². The van der Waals surface area contributed by atoms with Crippen molar-refractivity contribution in [3.05, 3.63) is 24.1 Å². The smallest absolute Gasteiger partial charge is 0.354 e. The number of nitrogens with zero attached hydrogens (tertiary/aromatic N) is 4. The van der Waals surface area contributed by atoms with Crippen molar-refractivity contribution < 1.29 is 22.4 Å². The number of carbonyl (C=O) groups is 1. The molecule has 0 saturated carbocycles. The summed E-state index contributed by atoms with van der Waals surface area (Å²) in [6.07, 6.45) is -2.36. The molecular weight excluding hydrogens is 352 g/mol. The first kappa shape index (κ1) is 17.5. The zero-order valence-electron chi connectivity index (χ0n) is 14.1. The second-order valence-corrected chi connectivity index (χ2v) is 7.37. The topological polar surface area (TPSA) is 39.7 Å². The number of anilines is 1. The van der Waals surface area contributed by atoms with Crippen molar-refractivity contribution in [1.29, 1.82) is 0 Å². The molecule has 0 radical (unpaired) electrons. The van der Waals surface area contributed by atoms with E-state index in [4.69, 9.17) is 0 Å². The maximum absolute atomic E-state index is 13.9. The molecular formula is C17H20F4N4O. The largest absolute Gasteiger partial charge is 0.406 e. The Morgan fingerprint density at radius 1 is 1.15 bits per heavy atom. The number of halogens is 4. The number of likely N-dealkylation sites (tertiary alicyclic amines) is 2. The molecule has 1 aromatic heterocycles. The summed E-state index contributed by atoms with van der Waals surface area (Å²) in [4.78, 5) is 21.3. The zero-order valence-corrected chi connectivity index (χ0v) is 14.1. The molecule has 26 heavy (non-hydrogen) atoms. The molecule has 0 bridgehead atoms. The highest BCUT2D eigenvalue weighted by Crippen LogP contribution is 2.36. The van der Waals surface area contributed by atoms with E-state index in [1.807, 2.05) is 9.80 Å². The summed E-state index contributed by atoms with van der Waals surface area (Å²) in [5, 5.41) is 0. The van der Waals surface area contributed by atoms with Crippen LogP contribution in [0, 0.1) is 17.7 Å². The summed E-state index contributed by atoms with van der Waals surface area (Å²) >= 11 is 0. The molecule has 5 nitrogen and oxygen atoms in total. The Labute approximate surface area is 148 Å². The monoisotopic (exact) mass is 372 g/mol. The number of hydrogen-bond acceptors (Lipinski definition) is 4. The fourth-order valence-corrected chi connectivity index (χ4v) is 4.50. The second-order valence-electron chi connectivity index (χ2n) is 7.37. The first-order chi connectivity index (χ1) is 12.3. The van der Waals surface area contributed by atoms with E-state index in [9.17, 15) is 22.4 Å². The van der Waals surface area contributed by atoms with Gasteiger partial charge in [-0.2, -0.15) is 13.2 Å². The zero-order chi connectivity index (χ0) is 18.5. The minimum absolute atomic E-state index is 0.153. The first-order valence-electron chi connectivity index (χ1n) is 8.77. The van der Waals surface area contributed by atoms with Crippen LogP contribution in [0.1, 0.15) is 6.42 Å². The molecule has 4 rings (SSSR count). The minimum Gasteiger partial charge on any atom is -0.354 e. The van der Waals surface area contributed by atoms with E-state index in [0.29, 0.717) is 38.4 Å². The molecule has 3 fully saturated rings. The van der Waals surface area contributed by atoms with Crippen molar-refractivity contribution in [2.45, 2.75) is 18.6 Å². The van der Waals surface area contributed by atoms with Crippen molar-refractivity contribution in [1.82, 2.24) is 14.8 Å². The lowest BCUT2D eigenvalue weighted by atomic mass is 10.0. The van der Waals surface area contributed by atoms with Crippen LogP contribution < -0.4 is 4.90 Å². The number of fused-ring (bicyclic) bond motifs is 1. The van der Waals surface area contributed by atoms with Gasteiger partial charge in [0.15, 0.2) is 11.6 Å². The van der Waals surface area contributed by atoms with Gasteiger partial charge in [-0.1, -0.05) is 0 Å². The number of alkyl halides is 3. The Morgan fingerprint density at radius 2 is 1.85 bits per heavy atom. The molecule has 1 aromatic rings. The third-order valence-corrected chi connectivity index (χ3v) is 5.63. The van der Waals surface area contributed by atoms with Crippen molar-refractivity contribution >= 4 is 11.7 Å². The fraction of sp³-hybridized carbons (Fsp3) is 0.647. The van der Waals surface area contributed by atoms with E-state index in [1.54, 1.807) is 12.3 Å². The van der Waals surface area contributed by atoms with Gasteiger partial charge in [-0.15, -0.1) is 0 Å². The van der Waals surface area contributed by atoms with Crippen LogP contribution in [-0.4, -0.2) is 72.2 Å². The lowest BCUT2D eigenvalue weighted by molar-refractivity contribution is -0.159. The molecule has 1 amide bonds. The van der Waals surface area contributed by atoms with E-state index in [1.165, 1.54) is 6.07 Å². The van der Waals surface area contributed by atoms with Crippen LogP contribution >= 0.6 is 0 Å². The number of pyridine rings is 1. The third-order valence-electron chi connectivity index (χ3n) is 5.63. The number of rotatable bonds is 3. The Hall–Kier alpha value is -1.90. The van der Waals surface area contributed by atoms with Crippen LogP contribution in [0.25, 0.3) is 0 Å². The predicted octanol–water partition coefficient (Wildman–Crippen LogP) is 1.75. The van der Waals surface area contributed by atoms with Gasteiger partial charge in [0, 0.05) is 38.9 Å². The number of carbonyl (C=O) groups excluding carboxylic acids is 1. The minimum atomic E-state index is -4.36. The fourth-order valence-electron chi connectivity index (χ4n) is 4.50. The van der Waals surface area contributed by atoms with E-state index >= 15 is 0 Å². The molecule has 0 aromatic carbocycles. The van der Waals surface area contributed by atoms with Crippen molar-refractivity contribution in [3.63, 3.8) is 0 Å². The molecule has 3 saturated heterocycles. The normalized spacial score (nSPS) is 29.7. The summed E-state index contributed by atoms with van der Waals surface area (Å²) in [5.74, 6) is 0.136. The van der Waals surface area contributed by atoms with Crippen molar-refractivity contribution in [2.75, 3.05) is 44.2 Å². The van der Waals surface area contributed by atoms with E-state index in [2.05, 4.69) is 4.98 Å². The number of aromatic nitrogens is 1. The van der Waals surface area contributed by atoms with Crippen molar-refractivity contribution in [3.8, 4) is 0 Å². The molecule has 4 heterocycles. The summed E-state index contributed by atoms with van der Waals surface area (Å²) in [5.41, 5.74) is 0. The van der Waals surface area contributed by atoms with Gasteiger partial charge in [-0.3, -0.25) is 9.69 Å². The van der Waals surface area contributed by atoms with Crippen LogP contribution in [0.4, 0.5) is 23.4 Å². The second kappa shape index (κ2) is 6.37. The number of hydrogen-bond donors (Lipinski definition) is 0. The van der Waals surface area contributed by atoms with E-state index in [0.717, 1.165) is 4.90 Å². The van der Waals surface area contributed by atoms with Crippen LogP contribution in [0.2, 0.25) is 0 Å². The molecule has 3 unspecified atom stereocenters. The number of amides is 1. The Bertz CT molecular complexity index is 684. The van der Waals surface area contributed by atoms with Gasteiger partial charge >= 0.3 is 6.18 Å². The van der Waals surface area contributed by atoms with E-state index in [-0.39, 0.29) is 24.2 Å². The molecule has 3 atom stereocenters. The van der Waals surface area contributed by atoms with Gasteiger partial charge in [0.1, 0.15) is 6.54 Å². The van der Waals surface area contributed by atoms with Crippen LogP contribution in [0.15, 0.2) is 18.3 Å². The molecule has 9 heteroatoms. The van der Waals surface area contributed by atoms with E-state index < -0.39 is 24.7 Å². The highest BCUT2D eigenvalue weighted by atomic mass is 19.4. The maximum Gasteiger partial charge on any atom is 0.406 e. The highest BCUT2D eigenvalue weighted by Gasteiger charge is 2.47. The quantitative estimate of drug-likeness (QED) is 0.758. The lowest BCUT2D eigenvalue weighted by Crippen LogP contribution is -2.44. The molecule has 3 aliphatic rings. The lowest BCUT2D eigenvalue weighted by Gasteiger charge is -2.26. The predicted molar refractivity (Wildman–Crippen MR) is 86.0 cm³/mol. The van der Waals surface area contributed by atoms with Gasteiger partial charge in [-0.05, 0) is 30.4 Å². The molecule has 0 spiro atoms. The van der Waals surface area contributed by atoms with Crippen LogP contribution in [0.5, 0.6) is 0 Å². The first-order valence-corrected chi connectivity index (χ1v) is 8.77. The van der Waals surface area contributed by atoms with Gasteiger partial charge in [0.25, 0.3) is 0 Å². The Balaban J connectivity index is 1.37. The van der Waals surface area contributed by atoms with Gasteiger partial charge in [0.05, 0.1) is 6.04 Å². The summed E-state index contributed by atoms with van der Waals surface area (Å²) in [6.45, 7) is 1.61. The van der Waals surface area contributed by atoms with Crippen molar-refractivity contribution in [2.24, 2.45) is 11.8 Å². The molecule has 142 valence electrons. The average Bonchev–Trinajstić information content (AvgIpc) is 3.20.